The molecular formula is C9H9F2N3O. The summed E-state index contributed by atoms with van der Waals surface area (Å²) >= 11 is 0. The van der Waals surface area contributed by atoms with Crippen LogP contribution in [-0.2, 0) is 13.0 Å². The predicted octanol–water partition coefficient (Wildman–Crippen LogP) is 1.25. The summed E-state index contributed by atoms with van der Waals surface area (Å²) in [5, 5.41) is 17.9. The van der Waals surface area contributed by atoms with Crippen molar-refractivity contribution >= 4 is 0 Å². The smallest absolute Gasteiger partial charge is 0.284 e. The van der Waals surface area contributed by atoms with E-state index in [-0.39, 0.29) is 18.5 Å². The Morgan fingerprint density at radius 1 is 1.60 bits per heavy atom. The molecule has 0 aromatic carbocycles. The molecule has 0 amide bonds. The number of rotatable bonds is 3. The van der Waals surface area contributed by atoms with Gasteiger partial charge in [-0.2, -0.15) is 5.26 Å². The Labute approximate surface area is 85.0 Å². The molecule has 1 aromatic heterocycles. The van der Waals surface area contributed by atoms with Gasteiger partial charge < -0.3 is 10.8 Å². The first-order valence-corrected chi connectivity index (χ1v) is 4.16. The normalized spacial score (nSPS) is 10.3. The minimum atomic E-state index is -2.86. The minimum Gasteiger partial charge on any atom is -0.505 e. The van der Waals surface area contributed by atoms with Crippen LogP contribution < -0.4 is 5.73 Å². The molecule has 80 valence electrons. The summed E-state index contributed by atoms with van der Waals surface area (Å²) in [5.41, 5.74) is 5.14. The number of aromatic nitrogens is 1. The van der Waals surface area contributed by atoms with E-state index in [1.807, 2.05) is 6.07 Å². The van der Waals surface area contributed by atoms with Crippen molar-refractivity contribution in [2.75, 3.05) is 0 Å². The SMILES string of the molecule is N#CCc1cnc(C(F)F)c(O)c1CN. The number of pyridine rings is 1. The summed E-state index contributed by atoms with van der Waals surface area (Å²) in [6.45, 7) is -0.106. The molecule has 4 nitrogen and oxygen atoms in total. The van der Waals surface area contributed by atoms with Gasteiger partial charge in [-0.1, -0.05) is 0 Å². The van der Waals surface area contributed by atoms with E-state index in [2.05, 4.69) is 4.98 Å². The fourth-order valence-corrected chi connectivity index (χ4v) is 1.22. The van der Waals surface area contributed by atoms with Crippen LogP contribution in [-0.4, -0.2) is 10.1 Å². The van der Waals surface area contributed by atoms with Crippen molar-refractivity contribution < 1.29 is 13.9 Å². The summed E-state index contributed by atoms with van der Waals surface area (Å²) in [7, 11) is 0. The van der Waals surface area contributed by atoms with Crippen LogP contribution in [0.3, 0.4) is 0 Å². The van der Waals surface area contributed by atoms with Crippen LogP contribution in [0, 0.1) is 11.3 Å². The van der Waals surface area contributed by atoms with Gasteiger partial charge in [0, 0.05) is 18.3 Å². The molecule has 6 heteroatoms. The Bertz CT molecular complexity index is 401. The number of nitrogens with two attached hydrogens (primary N) is 1. The third kappa shape index (κ3) is 2.19. The van der Waals surface area contributed by atoms with Gasteiger partial charge in [0.1, 0.15) is 11.4 Å². The van der Waals surface area contributed by atoms with E-state index >= 15 is 0 Å². The van der Waals surface area contributed by atoms with Gasteiger partial charge in [0.15, 0.2) is 0 Å². The highest BCUT2D eigenvalue weighted by Crippen LogP contribution is 2.30. The number of nitriles is 1. The molecule has 0 saturated heterocycles. The van der Waals surface area contributed by atoms with Gasteiger partial charge in [0.05, 0.1) is 12.5 Å². The molecule has 0 saturated carbocycles. The van der Waals surface area contributed by atoms with E-state index in [1.165, 1.54) is 0 Å². The number of nitrogens with zero attached hydrogens (tertiary/aromatic N) is 2. The second-order valence-electron chi connectivity index (χ2n) is 2.84. The highest BCUT2D eigenvalue weighted by Gasteiger charge is 2.19. The van der Waals surface area contributed by atoms with Crippen LogP contribution in [0.1, 0.15) is 23.2 Å². The van der Waals surface area contributed by atoms with Gasteiger partial charge in [-0.05, 0) is 5.56 Å². The standard InChI is InChI=1S/C9H9F2N3O/c10-9(11)7-8(15)6(3-13)5(1-2-12)4-14-7/h4,9,15H,1,3,13H2. The van der Waals surface area contributed by atoms with Crippen molar-refractivity contribution in [1.82, 2.24) is 4.98 Å². The van der Waals surface area contributed by atoms with Gasteiger partial charge in [0.25, 0.3) is 6.43 Å². The quantitative estimate of drug-likeness (QED) is 0.791. The molecule has 1 aromatic rings. The van der Waals surface area contributed by atoms with Gasteiger partial charge in [0.2, 0.25) is 0 Å². The summed E-state index contributed by atoms with van der Waals surface area (Å²) in [4.78, 5) is 3.40. The Morgan fingerprint density at radius 3 is 2.73 bits per heavy atom. The molecule has 0 radical (unpaired) electrons. The van der Waals surface area contributed by atoms with E-state index in [0.29, 0.717) is 5.56 Å². The molecule has 15 heavy (non-hydrogen) atoms. The predicted molar refractivity (Wildman–Crippen MR) is 48.1 cm³/mol. The summed E-state index contributed by atoms with van der Waals surface area (Å²) in [5.74, 6) is -0.611. The van der Waals surface area contributed by atoms with Crippen LogP contribution in [0.15, 0.2) is 6.20 Å². The zero-order valence-electron chi connectivity index (χ0n) is 7.74. The minimum absolute atomic E-state index is 0.0173. The van der Waals surface area contributed by atoms with Crippen molar-refractivity contribution in [3.05, 3.63) is 23.0 Å². The molecule has 1 rings (SSSR count). The highest BCUT2D eigenvalue weighted by atomic mass is 19.3. The van der Waals surface area contributed by atoms with Crippen LogP contribution in [0.2, 0.25) is 0 Å². The average Bonchev–Trinajstić information content (AvgIpc) is 2.18. The van der Waals surface area contributed by atoms with Crippen molar-refractivity contribution in [1.29, 1.82) is 5.26 Å². The molecule has 3 N–H and O–H groups in total. The second-order valence-corrected chi connectivity index (χ2v) is 2.84. The first-order chi connectivity index (χ1) is 7.11. The Morgan fingerprint density at radius 2 is 2.27 bits per heavy atom. The lowest BCUT2D eigenvalue weighted by Gasteiger charge is -2.10. The molecule has 0 atom stereocenters. The molecular weight excluding hydrogens is 204 g/mol. The first-order valence-electron chi connectivity index (χ1n) is 4.16. The zero-order chi connectivity index (χ0) is 11.4. The van der Waals surface area contributed by atoms with E-state index in [0.717, 1.165) is 6.20 Å². The fourth-order valence-electron chi connectivity index (χ4n) is 1.22. The fraction of sp³-hybridized carbons (Fsp3) is 0.333. The third-order valence-electron chi connectivity index (χ3n) is 1.96. The van der Waals surface area contributed by atoms with E-state index in [1.54, 1.807) is 0 Å². The van der Waals surface area contributed by atoms with E-state index in [4.69, 9.17) is 11.0 Å². The highest BCUT2D eigenvalue weighted by molar-refractivity contribution is 5.42. The monoisotopic (exact) mass is 213 g/mol. The molecule has 0 aliphatic carbocycles. The molecule has 0 spiro atoms. The van der Waals surface area contributed by atoms with Crippen molar-refractivity contribution in [3.63, 3.8) is 0 Å². The van der Waals surface area contributed by atoms with Crippen molar-refractivity contribution in [2.45, 2.75) is 19.4 Å². The average molecular weight is 213 g/mol. The number of aromatic hydroxyl groups is 1. The lowest BCUT2D eigenvalue weighted by molar-refractivity contribution is 0.141. The third-order valence-corrected chi connectivity index (χ3v) is 1.96. The topological polar surface area (TPSA) is 82.9 Å². The summed E-state index contributed by atoms with van der Waals surface area (Å²) < 4.78 is 24.7. The van der Waals surface area contributed by atoms with Gasteiger partial charge in [-0.25, -0.2) is 8.78 Å². The Hall–Kier alpha value is -1.74. The van der Waals surface area contributed by atoms with Crippen LogP contribution in [0.25, 0.3) is 0 Å². The largest absolute Gasteiger partial charge is 0.505 e. The lowest BCUT2D eigenvalue weighted by Crippen LogP contribution is -2.05. The first kappa shape index (κ1) is 11.3. The van der Waals surface area contributed by atoms with E-state index in [9.17, 15) is 13.9 Å². The molecule has 0 bridgehead atoms. The molecule has 0 unspecified atom stereocenters. The Kier molecular flexibility index (Phi) is 3.52. The molecule has 0 aliphatic rings. The number of hydrogen-bond acceptors (Lipinski definition) is 4. The van der Waals surface area contributed by atoms with Gasteiger partial charge >= 0.3 is 0 Å². The van der Waals surface area contributed by atoms with Gasteiger partial charge in [-0.3, -0.25) is 4.98 Å². The number of halogens is 2. The molecule has 0 aliphatic heterocycles. The summed E-state index contributed by atoms with van der Waals surface area (Å²) in [6.07, 6.45) is -1.73. The maximum atomic E-state index is 12.3. The lowest BCUT2D eigenvalue weighted by atomic mass is 10.1. The maximum Gasteiger partial charge on any atom is 0.284 e. The van der Waals surface area contributed by atoms with Crippen molar-refractivity contribution in [2.24, 2.45) is 5.73 Å². The molecule has 0 fully saturated rings. The van der Waals surface area contributed by atoms with Crippen LogP contribution in [0.5, 0.6) is 5.75 Å². The second kappa shape index (κ2) is 4.66. The summed E-state index contributed by atoms with van der Waals surface area (Å²) in [6, 6.07) is 1.84. The molecule has 1 heterocycles. The van der Waals surface area contributed by atoms with Crippen LogP contribution in [0.4, 0.5) is 8.78 Å². The number of alkyl halides is 2. The van der Waals surface area contributed by atoms with Crippen LogP contribution >= 0.6 is 0 Å². The Balaban J connectivity index is 3.27. The maximum absolute atomic E-state index is 12.3. The van der Waals surface area contributed by atoms with Gasteiger partial charge in [-0.15, -0.1) is 0 Å². The van der Waals surface area contributed by atoms with Crippen molar-refractivity contribution in [3.8, 4) is 11.8 Å². The number of hydrogen-bond donors (Lipinski definition) is 2. The zero-order valence-corrected chi connectivity index (χ0v) is 7.74. The van der Waals surface area contributed by atoms with E-state index < -0.39 is 17.9 Å².